The molecule has 0 saturated carbocycles. The Morgan fingerprint density at radius 2 is 0.705 bits per heavy atom. The van der Waals surface area contributed by atoms with Gasteiger partial charge in [-0.05, 0) is 204 Å². The largest absolute Gasteiger partial charge is 0.309 e. The summed E-state index contributed by atoms with van der Waals surface area (Å²) in [6, 6.07) is 124. The fourth-order valence-electron chi connectivity index (χ4n) is 16.8. The zero-order chi connectivity index (χ0) is 63.4. The first-order valence-electron chi connectivity index (χ1n) is 32.5. The minimum Gasteiger partial charge on any atom is -0.309 e. The molecule has 0 aliphatic heterocycles. The molecule has 0 bridgehead atoms. The average Bonchev–Trinajstić information content (AvgIpc) is 1.56. The molecular weight excluding hydrogens is 1390 g/mol. The van der Waals surface area contributed by atoms with E-state index in [-0.39, 0.29) is 5.41 Å². The van der Waals surface area contributed by atoms with Gasteiger partial charge in [0.1, 0.15) is 0 Å². The predicted molar refractivity (Wildman–Crippen MR) is 415 cm³/mol. The Balaban J connectivity index is 0.000000115. The first kappa shape index (κ1) is 57.7. The van der Waals surface area contributed by atoms with Crippen LogP contribution in [-0.4, -0.2) is 4.57 Å². The zero-order valence-electron chi connectivity index (χ0n) is 51.6. The molecule has 17 aromatic rings. The predicted octanol–water partition coefficient (Wildman–Crippen LogP) is 25.2. The van der Waals surface area contributed by atoms with Crippen LogP contribution in [0.2, 0.25) is 0 Å². The molecule has 1 heterocycles. The van der Waals surface area contributed by atoms with Gasteiger partial charge in [0.15, 0.2) is 0 Å². The molecule has 3 aliphatic carbocycles. The maximum Gasteiger partial charge on any atom is 0.0713 e. The normalized spacial score (nSPS) is 13.3. The molecule has 0 fully saturated rings. The van der Waals surface area contributed by atoms with E-state index in [0.717, 1.165) is 21.1 Å². The maximum absolute atomic E-state index is 3.82. The molecule has 0 N–H and O–H groups in total. The Morgan fingerprint density at radius 3 is 1.27 bits per heavy atom. The first-order chi connectivity index (χ1) is 46.9. The number of fused-ring (bicyclic) bond motifs is 22. The maximum atomic E-state index is 3.82. The van der Waals surface area contributed by atoms with Gasteiger partial charge in [0.05, 0.1) is 21.9 Å². The third-order valence-corrected chi connectivity index (χ3v) is 22.1. The monoisotopic (exact) mass is 1450 g/mol. The molecule has 0 amide bonds. The van der Waals surface area contributed by atoms with Gasteiger partial charge in [-0.2, -0.15) is 0 Å². The Bertz CT molecular complexity index is 5840. The molecule has 95 heavy (non-hydrogen) atoms. The van der Waals surface area contributed by atoms with Gasteiger partial charge in [-0.3, -0.25) is 0 Å². The summed E-state index contributed by atoms with van der Waals surface area (Å²) in [4.78, 5) is 0. The average molecular weight is 1450 g/mol. The molecule has 0 spiro atoms. The smallest absolute Gasteiger partial charge is 0.0713 e. The van der Waals surface area contributed by atoms with Gasteiger partial charge in [-0.1, -0.05) is 323 Å². The van der Waals surface area contributed by atoms with E-state index in [1.54, 1.807) is 0 Å². The second-order valence-electron chi connectivity index (χ2n) is 25.2. The molecule has 0 unspecified atom stereocenters. The van der Waals surface area contributed by atoms with Crippen molar-refractivity contribution in [1.29, 1.82) is 0 Å². The summed E-state index contributed by atoms with van der Waals surface area (Å²) in [6.45, 7) is 0. The highest BCUT2D eigenvalue weighted by molar-refractivity contribution is 14.1. The summed E-state index contributed by atoms with van der Waals surface area (Å²) in [5, 5.41) is 13.1. The van der Waals surface area contributed by atoms with E-state index in [0.29, 0.717) is 0 Å². The highest BCUT2D eigenvalue weighted by Crippen LogP contribution is 2.59. The highest BCUT2D eigenvalue weighted by atomic mass is 127. The Kier molecular flexibility index (Phi) is 14.1. The molecule has 20 rings (SSSR count). The Morgan fingerprint density at radius 1 is 0.295 bits per heavy atom. The fraction of sp³-hybridized carbons (Fsp3) is 0.0330. The second kappa shape index (κ2) is 23.2. The Hall–Kier alpha value is -9.95. The van der Waals surface area contributed by atoms with E-state index >= 15 is 0 Å². The lowest BCUT2D eigenvalue weighted by molar-refractivity contribution is 0.768. The van der Waals surface area contributed by atoms with Crippen LogP contribution in [0.3, 0.4) is 0 Å². The molecule has 448 valence electrons. The van der Waals surface area contributed by atoms with Gasteiger partial charge in [0, 0.05) is 34.4 Å². The quantitative estimate of drug-likeness (QED) is 0.120. The standard InChI is InChI=1S/C45H28BrN.C25H17I.C21H13Br/c46-31-23-25-38-42(27-31)47(44-37-21-10-8-18-34(37)33-17-7-9-20-36(33)43(38)44)32-24-26-41-39(28-32)35-19-11-12-22-40(35)45(41,29-13-3-1-4-14-29)30-15-5-2-6-16-30;26-20-15-16-24-22(17-20)21-13-7-8-14-23(21)25(24,18-9-3-1-4-10-18)19-11-5-2-6-12-19;22-14-9-10-15-13(11-14)12-20-18-7-2-1-5-16(18)17-6-3-4-8-19(17)21(15)20/h1-28H;1-17H;1-11H,12H2. The number of nitrogens with zero attached hydrogens (tertiary/aromatic N) is 1. The van der Waals surface area contributed by atoms with Gasteiger partial charge in [0.25, 0.3) is 0 Å². The molecule has 0 radical (unpaired) electrons. The number of hydrogen-bond acceptors (Lipinski definition) is 0. The highest BCUT2D eigenvalue weighted by Gasteiger charge is 2.47. The van der Waals surface area contributed by atoms with Crippen molar-refractivity contribution in [3.8, 4) is 39.1 Å². The van der Waals surface area contributed by atoms with Crippen LogP contribution in [0.4, 0.5) is 0 Å². The van der Waals surface area contributed by atoms with Crippen molar-refractivity contribution in [2.24, 2.45) is 0 Å². The third-order valence-electron chi connectivity index (χ3n) is 20.5. The summed E-state index contributed by atoms with van der Waals surface area (Å²) in [6.07, 6.45) is 1.02. The summed E-state index contributed by atoms with van der Waals surface area (Å²) in [7, 11) is 0. The minimum absolute atomic E-state index is 0.265. The van der Waals surface area contributed by atoms with Crippen molar-refractivity contribution in [2.45, 2.75) is 17.3 Å². The summed E-state index contributed by atoms with van der Waals surface area (Å²) in [5.74, 6) is 0. The number of benzene rings is 16. The van der Waals surface area contributed by atoms with Crippen LogP contribution in [-0.2, 0) is 17.3 Å². The number of halogens is 3. The van der Waals surface area contributed by atoms with Gasteiger partial charge in [-0.25, -0.2) is 0 Å². The van der Waals surface area contributed by atoms with Crippen LogP contribution in [0.5, 0.6) is 0 Å². The van der Waals surface area contributed by atoms with E-state index in [1.807, 2.05) is 0 Å². The molecule has 4 heteroatoms. The van der Waals surface area contributed by atoms with Crippen LogP contribution < -0.4 is 0 Å². The van der Waals surface area contributed by atoms with E-state index in [1.165, 1.54) is 157 Å². The fourth-order valence-corrected chi connectivity index (χ4v) is 18.0. The molecule has 3 aliphatic rings. The van der Waals surface area contributed by atoms with E-state index in [4.69, 9.17) is 0 Å². The number of hydrogen-bond donors (Lipinski definition) is 0. The minimum atomic E-state index is -0.417. The Labute approximate surface area is 583 Å². The number of aromatic nitrogens is 1. The van der Waals surface area contributed by atoms with Crippen molar-refractivity contribution < 1.29 is 0 Å². The third kappa shape index (κ3) is 8.91. The topological polar surface area (TPSA) is 4.93 Å². The van der Waals surface area contributed by atoms with Gasteiger partial charge < -0.3 is 4.57 Å². The van der Waals surface area contributed by atoms with Crippen molar-refractivity contribution in [3.05, 3.63) is 408 Å². The zero-order valence-corrected chi connectivity index (χ0v) is 56.9. The van der Waals surface area contributed by atoms with E-state index in [9.17, 15) is 0 Å². The van der Waals surface area contributed by atoms with E-state index in [2.05, 4.69) is 399 Å². The number of rotatable bonds is 5. The van der Waals surface area contributed by atoms with Gasteiger partial charge in [0.2, 0.25) is 0 Å². The first-order valence-corrected chi connectivity index (χ1v) is 35.2. The van der Waals surface area contributed by atoms with Crippen molar-refractivity contribution >= 4 is 119 Å². The molecule has 1 aromatic heterocycles. The van der Waals surface area contributed by atoms with Gasteiger partial charge in [-0.15, -0.1) is 0 Å². The van der Waals surface area contributed by atoms with Crippen LogP contribution in [0.25, 0.3) is 104 Å². The van der Waals surface area contributed by atoms with E-state index < -0.39 is 5.41 Å². The summed E-state index contributed by atoms with van der Waals surface area (Å²) < 4.78 is 6.00. The van der Waals surface area contributed by atoms with Crippen molar-refractivity contribution in [2.75, 3.05) is 0 Å². The molecule has 0 atom stereocenters. The molecule has 0 saturated heterocycles. The SMILES string of the molecule is Brc1ccc2c(c1)Cc1c-2c2ccccc2c2ccccc12.Brc1ccc2c3c4ccccc4c4ccccc4c3n(-c3ccc4c(c3)-c3ccccc3C4(c3ccccc3)c3ccccc3)c2c1.Ic1ccc2c(c1)-c1ccccc1C2(c1ccccc1)c1ccccc1. The van der Waals surface area contributed by atoms with Gasteiger partial charge >= 0.3 is 0 Å². The van der Waals surface area contributed by atoms with Crippen molar-refractivity contribution in [3.63, 3.8) is 0 Å². The van der Waals surface area contributed by atoms with Crippen LogP contribution in [0, 0.1) is 3.57 Å². The lowest BCUT2D eigenvalue weighted by Crippen LogP contribution is -2.28. The second-order valence-corrected chi connectivity index (χ2v) is 28.3. The summed E-state index contributed by atoms with van der Waals surface area (Å²) >= 11 is 9.84. The summed E-state index contributed by atoms with van der Waals surface area (Å²) in [5.41, 5.74) is 24.5. The molecule has 16 aromatic carbocycles. The van der Waals surface area contributed by atoms with Crippen LogP contribution >= 0.6 is 54.5 Å². The molecular formula is C91H58Br2IN. The van der Waals surface area contributed by atoms with Crippen LogP contribution in [0.15, 0.2) is 349 Å². The lowest BCUT2D eigenvalue weighted by atomic mass is 9.68. The van der Waals surface area contributed by atoms with Crippen LogP contribution in [0.1, 0.15) is 55.6 Å². The molecule has 1 nitrogen and oxygen atoms in total. The van der Waals surface area contributed by atoms with Crippen molar-refractivity contribution in [1.82, 2.24) is 4.57 Å². The lowest BCUT2D eigenvalue weighted by Gasteiger charge is -2.33.